The molecule has 15 heavy (non-hydrogen) atoms. The third-order valence-electron chi connectivity index (χ3n) is 2.84. The van der Waals surface area contributed by atoms with Crippen LogP contribution in [0.15, 0.2) is 18.2 Å². The van der Waals surface area contributed by atoms with E-state index in [9.17, 15) is 0 Å². The fraction of sp³-hybridized carbons (Fsp3) is 0.308. The van der Waals surface area contributed by atoms with Gasteiger partial charge in [0.25, 0.3) is 0 Å². The summed E-state index contributed by atoms with van der Waals surface area (Å²) in [7, 11) is 0. The predicted molar refractivity (Wildman–Crippen MR) is 62.9 cm³/mol. The van der Waals surface area contributed by atoms with Gasteiger partial charge in [-0.2, -0.15) is 0 Å². The van der Waals surface area contributed by atoms with Crippen LogP contribution in [0, 0.1) is 20.4 Å². The van der Waals surface area contributed by atoms with Gasteiger partial charge in [-0.05, 0) is 25.0 Å². The predicted octanol–water partition coefficient (Wildman–Crippen LogP) is 3.25. The van der Waals surface area contributed by atoms with Gasteiger partial charge in [0.05, 0.1) is 0 Å². The minimum Gasteiger partial charge on any atom is -0.358 e. The van der Waals surface area contributed by atoms with Gasteiger partial charge in [0, 0.05) is 23.0 Å². The molecule has 0 amide bonds. The summed E-state index contributed by atoms with van der Waals surface area (Å²) >= 11 is 0. The normalized spacial score (nSPS) is 10.5. The summed E-state index contributed by atoms with van der Waals surface area (Å²) in [4.78, 5) is 6.82. The molecule has 2 nitrogen and oxygen atoms in total. The Labute approximate surface area is 89.7 Å². The number of aromatic nitrogens is 1. The molecular formula is C13H14N2. The quantitative estimate of drug-likeness (QED) is 0.715. The molecule has 2 heteroatoms. The average Bonchev–Trinajstić information content (AvgIpc) is 2.54. The van der Waals surface area contributed by atoms with Gasteiger partial charge in [-0.3, -0.25) is 0 Å². The first-order chi connectivity index (χ1) is 7.24. The van der Waals surface area contributed by atoms with Crippen LogP contribution in [0.2, 0.25) is 0 Å². The van der Waals surface area contributed by atoms with E-state index in [0.717, 1.165) is 6.42 Å². The maximum atomic E-state index is 6.84. The molecule has 0 unspecified atom stereocenters. The maximum Gasteiger partial charge on any atom is 0.218 e. The molecule has 0 bridgehead atoms. The van der Waals surface area contributed by atoms with Gasteiger partial charge in [-0.1, -0.05) is 18.2 Å². The highest BCUT2D eigenvalue weighted by Gasteiger charge is 2.09. The average molecular weight is 198 g/mol. The van der Waals surface area contributed by atoms with Crippen LogP contribution in [0.5, 0.6) is 0 Å². The first kappa shape index (κ1) is 9.79. The molecule has 76 valence electrons. The molecule has 0 saturated carbocycles. The third-order valence-corrected chi connectivity index (χ3v) is 2.84. The Bertz CT molecular complexity index is 529. The van der Waals surface area contributed by atoms with Crippen LogP contribution in [0.4, 0.5) is 0 Å². The van der Waals surface area contributed by atoms with E-state index in [1.165, 1.54) is 27.7 Å². The number of para-hydroxylation sites is 1. The number of nitrogens with one attached hydrogen (secondary N) is 1. The van der Waals surface area contributed by atoms with Gasteiger partial charge < -0.3 is 9.83 Å². The minimum absolute atomic E-state index is 0.571. The first-order valence-electron chi connectivity index (χ1n) is 5.14. The molecule has 1 N–H and O–H groups in total. The monoisotopic (exact) mass is 198 g/mol. The first-order valence-corrected chi connectivity index (χ1v) is 5.14. The molecule has 0 aliphatic rings. The zero-order chi connectivity index (χ0) is 10.8. The minimum atomic E-state index is 0.571. The summed E-state index contributed by atoms with van der Waals surface area (Å²) in [5.74, 6) is 0. The molecular weight excluding hydrogens is 184 g/mol. The van der Waals surface area contributed by atoms with Crippen molar-refractivity contribution in [1.29, 1.82) is 0 Å². The summed E-state index contributed by atoms with van der Waals surface area (Å²) in [5, 5.41) is 1.27. The zero-order valence-corrected chi connectivity index (χ0v) is 9.09. The van der Waals surface area contributed by atoms with Gasteiger partial charge in [0.15, 0.2) is 0 Å². The Morgan fingerprint density at radius 3 is 2.87 bits per heavy atom. The number of H-pyrrole nitrogens is 1. The smallest absolute Gasteiger partial charge is 0.218 e. The molecule has 0 saturated heterocycles. The number of fused-ring (bicyclic) bond motifs is 1. The summed E-state index contributed by atoms with van der Waals surface area (Å²) in [6.07, 6.45) is 0.846. The number of rotatable bonds is 2. The summed E-state index contributed by atoms with van der Waals surface area (Å²) in [6, 6.07) is 6.31. The Morgan fingerprint density at radius 2 is 2.13 bits per heavy atom. The Hall–Kier alpha value is -1.75. The summed E-state index contributed by atoms with van der Waals surface area (Å²) in [5.41, 5.74) is 4.98. The lowest BCUT2D eigenvalue weighted by molar-refractivity contribution is 1.06. The number of hydrogen-bond acceptors (Lipinski definition) is 0. The molecule has 0 radical (unpaired) electrons. The SMILES string of the molecule is [C-]#[N+]CCc1c(C)[nH]c2c(C)cccc12. The van der Waals surface area contributed by atoms with Gasteiger partial charge >= 0.3 is 0 Å². The van der Waals surface area contributed by atoms with E-state index >= 15 is 0 Å². The third kappa shape index (κ3) is 1.61. The van der Waals surface area contributed by atoms with Gasteiger partial charge in [0.1, 0.15) is 0 Å². The topological polar surface area (TPSA) is 20.1 Å². The number of aryl methyl sites for hydroxylation is 2. The number of hydrogen-bond donors (Lipinski definition) is 1. The van der Waals surface area contributed by atoms with Crippen molar-refractivity contribution in [2.75, 3.05) is 6.54 Å². The molecule has 1 heterocycles. The summed E-state index contributed by atoms with van der Waals surface area (Å²) in [6.45, 7) is 11.6. The standard InChI is InChI=1S/C13H14N2/c1-9-5-4-6-12-11(7-8-14-3)10(2)15-13(9)12/h4-6,15H,7-8H2,1-2H3. The highest BCUT2D eigenvalue weighted by Crippen LogP contribution is 2.24. The van der Waals surface area contributed by atoms with E-state index in [1.54, 1.807) is 0 Å². The lowest BCUT2D eigenvalue weighted by atomic mass is 10.1. The van der Waals surface area contributed by atoms with Crippen LogP contribution in [-0.2, 0) is 6.42 Å². The van der Waals surface area contributed by atoms with Crippen LogP contribution in [-0.4, -0.2) is 11.5 Å². The second kappa shape index (κ2) is 3.78. The second-order valence-electron chi connectivity index (χ2n) is 3.86. The lowest BCUT2D eigenvalue weighted by Crippen LogP contribution is -1.88. The summed E-state index contributed by atoms with van der Waals surface area (Å²) < 4.78 is 0. The van der Waals surface area contributed by atoms with Gasteiger partial charge in [-0.25, -0.2) is 6.57 Å². The largest absolute Gasteiger partial charge is 0.358 e. The van der Waals surface area contributed by atoms with E-state index in [0.29, 0.717) is 6.54 Å². The van der Waals surface area contributed by atoms with Crippen molar-refractivity contribution in [3.05, 3.63) is 46.4 Å². The Balaban J connectivity index is 2.59. The van der Waals surface area contributed by atoms with Crippen molar-refractivity contribution in [3.63, 3.8) is 0 Å². The molecule has 0 atom stereocenters. The van der Waals surface area contributed by atoms with Crippen molar-refractivity contribution in [2.45, 2.75) is 20.3 Å². The fourth-order valence-electron chi connectivity index (χ4n) is 2.04. The van der Waals surface area contributed by atoms with Gasteiger partial charge in [0.2, 0.25) is 6.54 Å². The molecule has 0 aliphatic carbocycles. The molecule has 2 rings (SSSR count). The van der Waals surface area contributed by atoms with E-state index in [4.69, 9.17) is 6.57 Å². The number of nitrogens with zero attached hydrogens (tertiary/aromatic N) is 1. The van der Waals surface area contributed by atoms with Crippen molar-refractivity contribution in [2.24, 2.45) is 0 Å². The van der Waals surface area contributed by atoms with Gasteiger partial charge in [-0.15, -0.1) is 0 Å². The van der Waals surface area contributed by atoms with Crippen LogP contribution < -0.4 is 0 Å². The molecule has 2 aromatic rings. The maximum absolute atomic E-state index is 6.84. The fourth-order valence-corrected chi connectivity index (χ4v) is 2.04. The van der Waals surface area contributed by atoms with Crippen LogP contribution in [0.25, 0.3) is 15.7 Å². The van der Waals surface area contributed by atoms with E-state index in [2.05, 4.69) is 41.9 Å². The van der Waals surface area contributed by atoms with Crippen molar-refractivity contribution in [1.82, 2.24) is 4.98 Å². The van der Waals surface area contributed by atoms with E-state index in [-0.39, 0.29) is 0 Å². The highest BCUT2D eigenvalue weighted by atomic mass is 14.7. The van der Waals surface area contributed by atoms with Crippen LogP contribution in [0.3, 0.4) is 0 Å². The number of aromatic amines is 1. The molecule has 0 spiro atoms. The Kier molecular flexibility index (Phi) is 2.47. The van der Waals surface area contributed by atoms with Crippen molar-refractivity contribution >= 4 is 10.9 Å². The molecule has 0 aliphatic heterocycles. The van der Waals surface area contributed by atoms with E-state index in [1.807, 2.05) is 0 Å². The van der Waals surface area contributed by atoms with Crippen molar-refractivity contribution < 1.29 is 0 Å². The van der Waals surface area contributed by atoms with E-state index < -0.39 is 0 Å². The highest BCUT2D eigenvalue weighted by molar-refractivity contribution is 5.87. The zero-order valence-electron chi connectivity index (χ0n) is 9.09. The number of benzene rings is 1. The van der Waals surface area contributed by atoms with Crippen molar-refractivity contribution in [3.8, 4) is 0 Å². The van der Waals surface area contributed by atoms with Crippen LogP contribution >= 0.6 is 0 Å². The molecule has 0 fully saturated rings. The van der Waals surface area contributed by atoms with Crippen LogP contribution in [0.1, 0.15) is 16.8 Å². The Morgan fingerprint density at radius 1 is 1.33 bits per heavy atom. The lowest BCUT2D eigenvalue weighted by Gasteiger charge is -1.96. The molecule has 1 aromatic carbocycles. The molecule has 1 aromatic heterocycles. The second-order valence-corrected chi connectivity index (χ2v) is 3.86.